The van der Waals surface area contributed by atoms with E-state index in [0.29, 0.717) is 50.4 Å². The number of ether oxygens (including phenoxy) is 2. The lowest BCUT2D eigenvalue weighted by molar-refractivity contribution is 0.122. The number of nitrogens with zero attached hydrogens (tertiary/aromatic N) is 8. The van der Waals surface area contributed by atoms with Crippen LogP contribution in [0.25, 0.3) is 22.1 Å². The second-order valence-corrected chi connectivity index (χ2v) is 17.6. The van der Waals surface area contributed by atoms with E-state index in [4.69, 9.17) is 15.2 Å². The Kier molecular flexibility index (Phi) is 14.6. The molecule has 0 radical (unpaired) electrons. The average Bonchev–Trinajstić information content (AvgIpc) is 3.24. The van der Waals surface area contributed by atoms with E-state index in [0.717, 1.165) is 81.3 Å². The summed E-state index contributed by atoms with van der Waals surface area (Å²) in [6, 6.07) is 19.6. The SMILES string of the molecule is CCn1c(=O)c(Br)cc2c(C)nc(Nc3ccc(N4CCOCC4)cc3)nc21.CCn1c(=O)c(Br)cc2c(C)nc(S(C)(=O)=O)nc21.Nc1ccc(N2CCOCC2)cc1. The first-order chi connectivity index (χ1) is 28.7. The van der Waals surface area contributed by atoms with Gasteiger partial charge in [0.25, 0.3) is 11.1 Å². The monoisotopic (exact) mass is 966 g/mol. The van der Waals surface area contributed by atoms with E-state index in [1.54, 1.807) is 30.5 Å². The number of pyridine rings is 2. The third-order valence-electron chi connectivity index (χ3n) is 9.90. The van der Waals surface area contributed by atoms with Gasteiger partial charge in [0.15, 0.2) is 0 Å². The van der Waals surface area contributed by atoms with Crippen LogP contribution in [0.2, 0.25) is 0 Å². The summed E-state index contributed by atoms with van der Waals surface area (Å²) in [5, 5.41) is 4.51. The molecule has 0 atom stereocenters. The number of nitrogen functional groups attached to an aromatic ring is 1. The number of hydrogen-bond acceptors (Lipinski definition) is 14. The molecule has 318 valence electrons. The molecule has 0 saturated carbocycles. The highest BCUT2D eigenvalue weighted by Gasteiger charge is 2.18. The van der Waals surface area contributed by atoms with Crippen LogP contribution in [0, 0.1) is 13.8 Å². The molecule has 2 aliphatic heterocycles. The first-order valence-electron chi connectivity index (χ1n) is 19.4. The van der Waals surface area contributed by atoms with E-state index in [-0.39, 0.29) is 16.3 Å². The van der Waals surface area contributed by atoms with Crippen molar-refractivity contribution in [2.75, 3.05) is 79.7 Å². The van der Waals surface area contributed by atoms with E-state index in [9.17, 15) is 18.0 Å². The first-order valence-corrected chi connectivity index (χ1v) is 22.9. The van der Waals surface area contributed by atoms with Crippen LogP contribution in [0.1, 0.15) is 25.2 Å². The molecule has 2 aromatic carbocycles. The van der Waals surface area contributed by atoms with E-state index in [1.165, 1.54) is 15.9 Å². The maximum atomic E-state index is 12.4. The number of halogens is 2. The minimum atomic E-state index is -3.51. The van der Waals surface area contributed by atoms with Crippen LogP contribution in [-0.2, 0) is 32.4 Å². The lowest BCUT2D eigenvalue weighted by Crippen LogP contribution is -2.36. The molecule has 60 heavy (non-hydrogen) atoms. The number of aryl methyl sites for hydroxylation is 4. The van der Waals surface area contributed by atoms with Crippen molar-refractivity contribution in [3.8, 4) is 0 Å². The van der Waals surface area contributed by atoms with Gasteiger partial charge in [-0.15, -0.1) is 0 Å². The van der Waals surface area contributed by atoms with Crippen LogP contribution in [0.4, 0.5) is 28.7 Å². The molecule has 3 N–H and O–H groups in total. The zero-order valence-electron chi connectivity index (χ0n) is 34.1. The second kappa shape index (κ2) is 19.6. The summed E-state index contributed by atoms with van der Waals surface area (Å²) in [6.07, 6.45) is 1.04. The van der Waals surface area contributed by atoms with Crippen molar-refractivity contribution in [1.29, 1.82) is 0 Å². The quantitative estimate of drug-likeness (QED) is 0.143. The van der Waals surface area contributed by atoms with Crippen LogP contribution >= 0.6 is 31.9 Å². The van der Waals surface area contributed by atoms with Gasteiger partial charge in [-0.25, -0.2) is 18.4 Å². The van der Waals surface area contributed by atoms with Gasteiger partial charge in [-0.3, -0.25) is 18.7 Å². The standard InChI is InChI=1S/C20H22BrN5O2.C11H12BrN3O3S.C10H14N2O/c1-3-26-18-16(12-17(21)19(26)27)13(2)22-20(24-18)23-14-4-6-15(7-5-14)25-8-10-28-11-9-25;1-4-15-9-7(5-8(12)10(15)16)6(2)13-11(14-9)19(3,17)18;11-9-1-3-10(4-2-9)12-5-7-13-8-6-12/h4-7,12H,3,8-11H2,1-2H3,(H,22,23,24);5H,4H2,1-3H3;1-4H,5-8,11H2. The van der Waals surface area contributed by atoms with Crippen molar-refractivity contribution >= 4 is 92.5 Å². The highest BCUT2D eigenvalue weighted by molar-refractivity contribution is 9.10. The van der Waals surface area contributed by atoms with Gasteiger partial charge in [-0.1, -0.05) is 0 Å². The summed E-state index contributed by atoms with van der Waals surface area (Å²) >= 11 is 6.53. The molecule has 0 bridgehead atoms. The number of aromatic nitrogens is 6. The summed E-state index contributed by atoms with van der Waals surface area (Å²) in [5.41, 5.74) is 11.7. The van der Waals surface area contributed by atoms with Crippen LogP contribution < -0.4 is 32.0 Å². The minimum Gasteiger partial charge on any atom is -0.399 e. The Morgan fingerprint density at radius 2 is 1.12 bits per heavy atom. The summed E-state index contributed by atoms with van der Waals surface area (Å²) in [7, 11) is -3.51. The number of sulfone groups is 1. The van der Waals surface area contributed by atoms with Crippen molar-refractivity contribution in [2.45, 2.75) is 45.9 Å². The fourth-order valence-corrected chi connectivity index (χ4v) is 8.15. The molecule has 16 nitrogen and oxygen atoms in total. The average molecular weight is 969 g/mol. The van der Waals surface area contributed by atoms with Gasteiger partial charge in [-0.2, -0.15) is 9.97 Å². The largest absolute Gasteiger partial charge is 0.399 e. The van der Waals surface area contributed by atoms with Crippen molar-refractivity contribution < 1.29 is 17.9 Å². The number of fused-ring (bicyclic) bond motifs is 2. The second-order valence-electron chi connectivity index (χ2n) is 14.0. The Labute approximate surface area is 364 Å². The summed E-state index contributed by atoms with van der Waals surface area (Å²) in [5.74, 6) is 0.480. The Balaban J connectivity index is 0.000000163. The first kappa shape index (κ1) is 44.6. The van der Waals surface area contributed by atoms with Crippen LogP contribution in [-0.4, -0.2) is 96.4 Å². The highest BCUT2D eigenvalue weighted by Crippen LogP contribution is 2.24. The highest BCUT2D eigenvalue weighted by atomic mass is 79.9. The third-order valence-corrected chi connectivity index (χ3v) is 11.9. The van der Waals surface area contributed by atoms with Gasteiger partial charge < -0.3 is 30.3 Å². The van der Waals surface area contributed by atoms with Gasteiger partial charge >= 0.3 is 0 Å². The lowest BCUT2D eigenvalue weighted by atomic mass is 10.2. The molecule has 0 spiro atoms. The van der Waals surface area contributed by atoms with Gasteiger partial charge in [0.2, 0.25) is 20.9 Å². The number of hydrogen-bond donors (Lipinski definition) is 2. The molecule has 2 aliphatic rings. The van der Waals surface area contributed by atoms with E-state index in [2.05, 4.69) is 91.2 Å². The maximum Gasteiger partial charge on any atom is 0.266 e. The number of morpholine rings is 2. The zero-order valence-corrected chi connectivity index (χ0v) is 38.1. The lowest BCUT2D eigenvalue weighted by Gasteiger charge is -2.28. The van der Waals surface area contributed by atoms with Crippen LogP contribution in [0.5, 0.6) is 0 Å². The maximum absolute atomic E-state index is 12.4. The molecule has 19 heteroatoms. The zero-order chi connectivity index (χ0) is 43.1. The number of benzene rings is 2. The fraction of sp³-hybridized carbons (Fsp3) is 0.366. The Bertz CT molecular complexity index is 2700. The molecule has 8 rings (SSSR count). The summed E-state index contributed by atoms with van der Waals surface area (Å²) in [6.45, 7) is 15.2. The molecule has 4 aromatic heterocycles. The van der Waals surface area contributed by atoms with E-state index >= 15 is 0 Å². The third kappa shape index (κ3) is 10.5. The molecule has 0 aliphatic carbocycles. The Morgan fingerprint density at radius 3 is 1.57 bits per heavy atom. The minimum absolute atomic E-state index is 0.0890. The van der Waals surface area contributed by atoms with Gasteiger partial charge in [0, 0.05) is 79.0 Å². The topological polar surface area (TPSA) is 193 Å². The van der Waals surface area contributed by atoms with Crippen molar-refractivity contribution in [2.24, 2.45) is 0 Å². The van der Waals surface area contributed by atoms with Gasteiger partial charge in [0.1, 0.15) is 11.3 Å². The fourth-order valence-electron chi connectivity index (χ4n) is 6.71. The van der Waals surface area contributed by atoms with Crippen molar-refractivity contribution in [3.05, 3.63) is 102 Å². The molecule has 2 saturated heterocycles. The van der Waals surface area contributed by atoms with Crippen LogP contribution in [0.3, 0.4) is 0 Å². The number of rotatable bonds is 7. The van der Waals surface area contributed by atoms with Gasteiger partial charge in [0.05, 0.1) is 46.8 Å². The Morgan fingerprint density at radius 1 is 0.683 bits per heavy atom. The van der Waals surface area contributed by atoms with E-state index in [1.807, 2.05) is 38.1 Å². The molecular formula is C41H48Br2N10O6S. The molecule has 6 heterocycles. The van der Waals surface area contributed by atoms with Crippen molar-refractivity contribution in [3.63, 3.8) is 0 Å². The molecule has 2 fully saturated rings. The molecule has 0 amide bonds. The molecule has 6 aromatic rings. The van der Waals surface area contributed by atoms with Crippen LogP contribution in [0.15, 0.2) is 84.4 Å². The number of nitrogens with one attached hydrogen (secondary N) is 1. The number of anilines is 5. The predicted molar refractivity (Wildman–Crippen MR) is 244 cm³/mol. The summed E-state index contributed by atoms with van der Waals surface area (Å²) < 4.78 is 37.8. The number of nitrogens with two attached hydrogens (primary N) is 1. The molecule has 0 unspecified atom stereocenters. The summed E-state index contributed by atoms with van der Waals surface area (Å²) in [4.78, 5) is 46.2. The Hall–Kier alpha value is -4.95. The smallest absolute Gasteiger partial charge is 0.266 e. The predicted octanol–water partition coefficient (Wildman–Crippen LogP) is 5.85. The van der Waals surface area contributed by atoms with E-state index < -0.39 is 9.84 Å². The normalized spacial score (nSPS) is 14.3. The molecular weight excluding hydrogens is 920 g/mol. The van der Waals surface area contributed by atoms with Crippen molar-refractivity contribution in [1.82, 2.24) is 29.1 Å². The van der Waals surface area contributed by atoms with Gasteiger partial charge in [-0.05, 0) is 120 Å².